The third kappa shape index (κ3) is 5.21. The van der Waals surface area contributed by atoms with Crippen LogP contribution in [0.25, 0.3) is 0 Å². The quantitative estimate of drug-likeness (QED) is 0.772. The highest BCUT2D eigenvalue weighted by molar-refractivity contribution is 5.98. The van der Waals surface area contributed by atoms with Crippen LogP contribution in [-0.2, 0) is 6.54 Å². The van der Waals surface area contributed by atoms with Gasteiger partial charge in [0.1, 0.15) is 5.69 Å². The molecule has 0 fully saturated rings. The van der Waals surface area contributed by atoms with Crippen LogP contribution in [0.5, 0.6) is 0 Å². The number of rotatable bonds is 7. The highest BCUT2D eigenvalue weighted by Gasteiger charge is 2.11. The Morgan fingerprint density at radius 3 is 2.57 bits per heavy atom. The molecule has 1 heterocycles. The minimum Gasteiger partial charge on any atom is -0.351 e. The molecule has 0 aliphatic heterocycles. The van der Waals surface area contributed by atoms with Crippen LogP contribution >= 0.6 is 0 Å². The highest BCUT2D eigenvalue weighted by Crippen LogP contribution is 2.04. The first-order valence-electron chi connectivity index (χ1n) is 7.77. The van der Waals surface area contributed by atoms with Gasteiger partial charge in [-0.3, -0.25) is 14.6 Å². The normalized spacial score (nSPS) is 10.1. The number of carbonyl (C=O) groups is 2. The number of hydrogen-bond acceptors (Lipinski definition) is 3. The zero-order chi connectivity index (χ0) is 16.5. The Balaban J connectivity index is 1.95. The summed E-state index contributed by atoms with van der Waals surface area (Å²) in [6, 6.07) is 12.8. The number of amides is 2. The predicted molar refractivity (Wildman–Crippen MR) is 89.1 cm³/mol. The Bertz CT molecular complexity index is 656. The van der Waals surface area contributed by atoms with Crippen molar-refractivity contribution >= 4 is 11.8 Å². The monoisotopic (exact) mass is 311 g/mol. The molecule has 2 aromatic rings. The molecule has 0 unspecified atom stereocenters. The fourth-order valence-electron chi connectivity index (χ4n) is 2.05. The van der Waals surface area contributed by atoms with Gasteiger partial charge in [0.15, 0.2) is 0 Å². The fraction of sp³-hybridized carbons (Fsp3) is 0.278. The van der Waals surface area contributed by atoms with Gasteiger partial charge in [0.05, 0.1) is 0 Å². The van der Waals surface area contributed by atoms with Crippen molar-refractivity contribution in [2.45, 2.75) is 26.3 Å². The molecule has 0 saturated heterocycles. The summed E-state index contributed by atoms with van der Waals surface area (Å²) in [6.45, 7) is 3.11. The maximum absolute atomic E-state index is 12.2. The summed E-state index contributed by atoms with van der Waals surface area (Å²) in [5, 5.41) is 5.63. The fourth-order valence-corrected chi connectivity index (χ4v) is 2.05. The molecular weight excluding hydrogens is 290 g/mol. The summed E-state index contributed by atoms with van der Waals surface area (Å²) in [4.78, 5) is 28.2. The van der Waals surface area contributed by atoms with Crippen molar-refractivity contribution in [1.29, 1.82) is 0 Å². The summed E-state index contributed by atoms with van der Waals surface area (Å²) in [5.74, 6) is -0.477. The first-order chi connectivity index (χ1) is 11.2. The molecule has 5 heteroatoms. The van der Waals surface area contributed by atoms with Crippen molar-refractivity contribution in [3.63, 3.8) is 0 Å². The van der Waals surface area contributed by atoms with Gasteiger partial charge in [-0.2, -0.15) is 0 Å². The third-order valence-electron chi connectivity index (χ3n) is 3.37. The molecule has 0 spiro atoms. The van der Waals surface area contributed by atoms with Gasteiger partial charge in [0, 0.05) is 24.8 Å². The van der Waals surface area contributed by atoms with E-state index in [1.54, 1.807) is 6.07 Å². The van der Waals surface area contributed by atoms with Crippen LogP contribution in [0.2, 0.25) is 0 Å². The predicted octanol–water partition coefficient (Wildman–Crippen LogP) is 2.54. The van der Waals surface area contributed by atoms with Gasteiger partial charge in [0.2, 0.25) is 0 Å². The van der Waals surface area contributed by atoms with E-state index in [1.165, 1.54) is 12.3 Å². The largest absolute Gasteiger partial charge is 0.351 e. The molecule has 2 amide bonds. The molecule has 0 aliphatic rings. The van der Waals surface area contributed by atoms with Crippen molar-refractivity contribution in [1.82, 2.24) is 15.6 Å². The Morgan fingerprint density at radius 2 is 1.83 bits per heavy atom. The lowest BCUT2D eigenvalue weighted by Crippen LogP contribution is -2.27. The van der Waals surface area contributed by atoms with E-state index < -0.39 is 0 Å². The second-order valence-electron chi connectivity index (χ2n) is 5.21. The van der Waals surface area contributed by atoms with Gasteiger partial charge >= 0.3 is 0 Å². The first-order valence-corrected chi connectivity index (χ1v) is 7.77. The zero-order valence-electron chi connectivity index (χ0n) is 13.2. The molecule has 0 atom stereocenters. The minimum absolute atomic E-state index is 0.223. The Kier molecular flexibility index (Phi) is 6.29. The van der Waals surface area contributed by atoms with Gasteiger partial charge in [-0.05, 0) is 24.1 Å². The van der Waals surface area contributed by atoms with Crippen LogP contribution in [0.15, 0.2) is 48.7 Å². The van der Waals surface area contributed by atoms with Crippen LogP contribution in [0.4, 0.5) is 0 Å². The first kappa shape index (κ1) is 16.7. The van der Waals surface area contributed by atoms with Crippen LogP contribution in [0, 0.1) is 0 Å². The molecule has 5 nitrogen and oxygen atoms in total. The van der Waals surface area contributed by atoms with Gasteiger partial charge in [-0.15, -0.1) is 0 Å². The second-order valence-corrected chi connectivity index (χ2v) is 5.21. The molecule has 0 bridgehead atoms. The van der Waals surface area contributed by atoms with E-state index in [2.05, 4.69) is 22.5 Å². The number of nitrogens with zero attached hydrogens (tertiary/aromatic N) is 1. The maximum atomic E-state index is 12.2. The van der Waals surface area contributed by atoms with E-state index >= 15 is 0 Å². The standard InChI is InChI=1S/C18H21N3O2/c1-2-3-10-20-18(23)16-12-15(9-11-19-16)17(22)21-13-14-7-5-4-6-8-14/h4-9,11-12H,2-3,10,13H2,1H3,(H,20,23)(H,21,22). The molecule has 1 aromatic carbocycles. The van der Waals surface area contributed by atoms with E-state index in [4.69, 9.17) is 0 Å². The zero-order valence-corrected chi connectivity index (χ0v) is 13.2. The smallest absolute Gasteiger partial charge is 0.269 e. The molecule has 0 radical (unpaired) electrons. The number of pyridine rings is 1. The molecule has 1 aromatic heterocycles. The molecule has 0 aliphatic carbocycles. The van der Waals surface area contributed by atoms with Crippen molar-refractivity contribution in [3.05, 3.63) is 65.5 Å². The molecule has 2 rings (SSSR count). The van der Waals surface area contributed by atoms with Gasteiger partial charge in [0.25, 0.3) is 11.8 Å². The number of nitrogens with one attached hydrogen (secondary N) is 2. The minimum atomic E-state index is -0.254. The topological polar surface area (TPSA) is 71.1 Å². The van der Waals surface area contributed by atoms with Crippen LogP contribution in [-0.4, -0.2) is 23.3 Å². The van der Waals surface area contributed by atoms with E-state index in [1.807, 2.05) is 30.3 Å². The number of hydrogen-bond donors (Lipinski definition) is 2. The molecule has 2 N–H and O–H groups in total. The summed E-state index contributed by atoms with van der Waals surface area (Å²) in [7, 11) is 0. The van der Waals surface area contributed by atoms with Gasteiger partial charge < -0.3 is 10.6 Å². The van der Waals surface area contributed by atoms with E-state index in [0.717, 1.165) is 18.4 Å². The average molecular weight is 311 g/mol. The summed E-state index contributed by atoms with van der Waals surface area (Å²) in [6.07, 6.45) is 3.41. The van der Waals surface area contributed by atoms with Crippen molar-refractivity contribution < 1.29 is 9.59 Å². The molecule has 0 saturated carbocycles. The number of unbranched alkanes of at least 4 members (excludes halogenated alkanes) is 1. The lowest BCUT2D eigenvalue weighted by Gasteiger charge is -2.07. The Hall–Kier alpha value is -2.69. The van der Waals surface area contributed by atoms with Crippen molar-refractivity contribution in [2.75, 3.05) is 6.54 Å². The van der Waals surface area contributed by atoms with E-state index in [-0.39, 0.29) is 17.5 Å². The molecule has 120 valence electrons. The number of carbonyl (C=O) groups excluding carboxylic acids is 2. The third-order valence-corrected chi connectivity index (χ3v) is 3.37. The van der Waals surface area contributed by atoms with Crippen LogP contribution in [0.3, 0.4) is 0 Å². The van der Waals surface area contributed by atoms with E-state index in [0.29, 0.717) is 18.7 Å². The maximum Gasteiger partial charge on any atom is 0.269 e. The lowest BCUT2D eigenvalue weighted by molar-refractivity contribution is 0.0948. The van der Waals surface area contributed by atoms with Crippen LogP contribution in [0.1, 0.15) is 46.2 Å². The highest BCUT2D eigenvalue weighted by atomic mass is 16.2. The van der Waals surface area contributed by atoms with E-state index in [9.17, 15) is 9.59 Å². The number of aromatic nitrogens is 1. The molecular formula is C18H21N3O2. The summed E-state index contributed by atoms with van der Waals surface area (Å²) < 4.78 is 0. The van der Waals surface area contributed by atoms with Gasteiger partial charge in [-0.25, -0.2) is 0 Å². The second kappa shape index (κ2) is 8.68. The Labute approximate surface area is 136 Å². The Morgan fingerprint density at radius 1 is 1.04 bits per heavy atom. The van der Waals surface area contributed by atoms with Gasteiger partial charge in [-0.1, -0.05) is 43.7 Å². The SMILES string of the molecule is CCCCNC(=O)c1cc(C(=O)NCc2ccccc2)ccn1. The summed E-state index contributed by atoms with van der Waals surface area (Å²) >= 11 is 0. The number of benzene rings is 1. The van der Waals surface area contributed by atoms with Crippen molar-refractivity contribution in [3.8, 4) is 0 Å². The van der Waals surface area contributed by atoms with Crippen LogP contribution < -0.4 is 10.6 Å². The lowest BCUT2D eigenvalue weighted by atomic mass is 10.2. The molecule has 23 heavy (non-hydrogen) atoms. The summed E-state index contributed by atoms with van der Waals surface area (Å²) in [5.41, 5.74) is 1.71. The average Bonchev–Trinajstić information content (AvgIpc) is 2.61. The van der Waals surface area contributed by atoms with Crippen molar-refractivity contribution in [2.24, 2.45) is 0 Å².